The van der Waals surface area contributed by atoms with E-state index in [1.165, 1.54) is 12.1 Å². The van der Waals surface area contributed by atoms with E-state index in [1.54, 1.807) is 54.6 Å². The first-order valence-corrected chi connectivity index (χ1v) is 10.7. The molecule has 0 aliphatic heterocycles. The number of hydrogen-bond donors (Lipinski definition) is 1. The second-order valence-electron chi connectivity index (χ2n) is 6.55. The summed E-state index contributed by atoms with van der Waals surface area (Å²) < 4.78 is 28.1. The molecule has 8 nitrogen and oxygen atoms in total. The van der Waals surface area contributed by atoms with Crippen LogP contribution in [0.25, 0.3) is 22.2 Å². The van der Waals surface area contributed by atoms with Crippen molar-refractivity contribution in [1.29, 1.82) is 0 Å². The van der Waals surface area contributed by atoms with Crippen molar-refractivity contribution >= 4 is 32.4 Å². The van der Waals surface area contributed by atoms with E-state index in [-0.39, 0.29) is 10.6 Å². The molecule has 0 saturated heterocycles. The van der Waals surface area contributed by atoms with Crippen LogP contribution in [-0.2, 0) is 9.84 Å². The van der Waals surface area contributed by atoms with Gasteiger partial charge in [-0.15, -0.1) is 10.2 Å². The summed E-state index contributed by atoms with van der Waals surface area (Å²) in [5.74, 6) is -0.584. The van der Waals surface area contributed by atoms with Crippen molar-refractivity contribution in [3.63, 3.8) is 0 Å². The predicted octanol–water partition coefficient (Wildman–Crippen LogP) is 2.91. The van der Waals surface area contributed by atoms with E-state index in [2.05, 4.69) is 15.5 Å². The van der Waals surface area contributed by atoms with Crippen LogP contribution in [0.1, 0.15) is 10.4 Å². The van der Waals surface area contributed by atoms with E-state index in [0.29, 0.717) is 27.9 Å². The topological polar surface area (TPSA) is 119 Å². The molecule has 2 heterocycles. The van der Waals surface area contributed by atoms with Crippen LogP contribution >= 0.6 is 0 Å². The molecule has 0 aliphatic carbocycles. The minimum Gasteiger partial charge on any atom is -0.422 e. The molecule has 0 atom stereocenters. The van der Waals surface area contributed by atoms with E-state index in [4.69, 9.17) is 4.42 Å². The highest BCUT2D eigenvalue weighted by molar-refractivity contribution is 7.90. The van der Waals surface area contributed by atoms with Crippen LogP contribution in [0.3, 0.4) is 0 Å². The van der Waals surface area contributed by atoms with Crippen molar-refractivity contribution in [3.8, 4) is 11.3 Å². The summed E-state index contributed by atoms with van der Waals surface area (Å²) in [5.41, 5.74) is 1.23. The molecule has 2 aromatic heterocycles. The normalized spacial score (nSPS) is 11.4. The number of nitrogens with one attached hydrogen (secondary N) is 1. The Hall–Kier alpha value is -3.85. The van der Waals surface area contributed by atoms with Crippen LogP contribution in [0.15, 0.2) is 81.0 Å². The van der Waals surface area contributed by atoms with Gasteiger partial charge >= 0.3 is 5.63 Å². The second kappa shape index (κ2) is 7.53. The van der Waals surface area contributed by atoms with Crippen LogP contribution in [-0.4, -0.2) is 30.8 Å². The largest absolute Gasteiger partial charge is 0.422 e. The Morgan fingerprint density at radius 1 is 0.967 bits per heavy atom. The Kier molecular flexibility index (Phi) is 4.88. The number of rotatable bonds is 4. The zero-order valence-corrected chi connectivity index (χ0v) is 16.5. The summed E-state index contributed by atoms with van der Waals surface area (Å²) in [4.78, 5) is 24.6. The van der Waals surface area contributed by atoms with Gasteiger partial charge in [0.25, 0.3) is 5.91 Å². The first-order valence-electron chi connectivity index (χ1n) is 8.80. The zero-order valence-electron chi connectivity index (χ0n) is 15.7. The van der Waals surface area contributed by atoms with Gasteiger partial charge in [-0.25, -0.2) is 13.2 Å². The molecule has 150 valence electrons. The summed E-state index contributed by atoms with van der Waals surface area (Å²) in [6.07, 6.45) is 1.06. The molecule has 0 spiro atoms. The third kappa shape index (κ3) is 3.96. The Morgan fingerprint density at radius 3 is 2.37 bits per heavy atom. The number of para-hydroxylation sites is 1. The molecule has 0 fully saturated rings. The van der Waals surface area contributed by atoms with Gasteiger partial charge in [-0.2, -0.15) is 0 Å². The maximum absolute atomic E-state index is 12.5. The number of carbonyl (C=O) groups excluding carboxylic acids is 1. The maximum Gasteiger partial charge on any atom is 0.349 e. The lowest BCUT2D eigenvalue weighted by molar-refractivity contribution is 0.102. The fraction of sp³-hybridized carbons (Fsp3) is 0.0476. The average molecular weight is 421 g/mol. The van der Waals surface area contributed by atoms with E-state index in [0.717, 1.165) is 6.26 Å². The second-order valence-corrected chi connectivity index (χ2v) is 8.51. The monoisotopic (exact) mass is 421 g/mol. The quantitative estimate of drug-likeness (QED) is 0.503. The molecule has 0 unspecified atom stereocenters. The Balaban J connectivity index is 1.54. The van der Waals surface area contributed by atoms with Gasteiger partial charge in [0, 0.05) is 22.9 Å². The molecule has 1 amide bonds. The third-order valence-corrected chi connectivity index (χ3v) is 5.32. The van der Waals surface area contributed by atoms with E-state index in [9.17, 15) is 18.0 Å². The number of amides is 1. The van der Waals surface area contributed by atoms with E-state index >= 15 is 0 Å². The summed E-state index contributed by atoms with van der Waals surface area (Å²) in [6, 6.07) is 18.0. The highest BCUT2D eigenvalue weighted by Crippen LogP contribution is 2.20. The van der Waals surface area contributed by atoms with E-state index in [1.807, 2.05) is 0 Å². The molecule has 1 N–H and O–H groups in total. The Labute approximate surface area is 171 Å². The molecular weight excluding hydrogens is 406 g/mol. The molecule has 4 aromatic rings. The number of hydrogen-bond acceptors (Lipinski definition) is 7. The molecule has 30 heavy (non-hydrogen) atoms. The van der Waals surface area contributed by atoms with Crippen molar-refractivity contribution < 1.29 is 17.6 Å². The number of nitrogens with zero attached hydrogens (tertiary/aromatic N) is 2. The molecule has 0 radical (unpaired) electrons. The van der Waals surface area contributed by atoms with Crippen LogP contribution in [0, 0.1) is 0 Å². The number of carbonyl (C=O) groups is 1. The molecule has 0 bridgehead atoms. The molecule has 2 aromatic carbocycles. The smallest absolute Gasteiger partial charge is 0.349 e. The maximum atomic E-state index is 12.5. The lowest BCUT2D eigenvalue weighted by Gasteiger charge is -2.07. The van der Waals surface area contributed by atoms with Gasteiger partial charge in [-0.3, -0.25) is 4.79 Å². The standard InChI is InChI=1S/C21H15N3O5S/c1-30(27,28)19-11-10-17(23-24-19)13-6-8-15(9-7-13)22-20(25)16-12-14-4-2-3-5-18(14)29-21(16)26/h2-12H,1H3,(H,22,25). The van der Waals surface area contributed by atoms with Gasteiger partial charge in [-0.05, 0) is 36.4 Å². The highest BCUT2D eigenvalue weighted by Gasteiger charge is 2.14. The lowest BCUT2D eigenvalue weighted by atomic mass is 10.1. The number of sulfone groups is 1. The van der Waals surface area contributed by atoms with Gasteiger partial charge in [0.05, 0.1) is 5.69 Å². The van der Waals surface area contributed by atoms with Crippen molar-refractivity contribution in [1.82, 2.24) is 10.2 Å². The van der Waals surface area contributed by atoms with Gasteiger partial charge in [0.15, 0.2) is 14.9 Å². The number of aromatic nitrogens is 2. The summed E-state index contributed by atoms with van der Waals surface area (Å²) >= 11 is 0. The summed E-state index contributed by atoms with van der Waals surface area (Å²) in [6.45, 7) is 0. The van der Waals surface area contributed by atoms with Gasteiger partial charge in [-0.1, -0.05) is 30.3 Å². The minimum absolute atomic E-state index is 0.0972. The molecule has 0 saturated carbocycles. The highest BCUT2D eigenvalue weighted by atomic mass is 32.2. The lowest BCUT2D eigenvalue weighted by Crippen LogP contribution is -2.20. The van der Waals surface area contributed by atoms with Crippen LogP contribution in [0.5, 0.6) is 0 Å². The Bertz CT molecular complexity index is 1410. The van der Waals surface area contributed by atoms with Crippen LogP contribution in [0.4, 0.5) is 5.69 Å². The van der Waals surface area contributed by atoms with Crippen molar-refractivity contribution in [3.05, 3.63) is 82.7 Å². The summed E-state index contributed by atoms with van der Waals surface area (Å²) in [5, 5.41) is 10.8. The number of benzene rings is 2. The van der Waals surface area contributed by atoms with Crippen molar-refractivity contribution in [2.75, 3.05) is 11.6 Å². The molecule has 0 aliphatic rings. The van der Waals surface area contributed by atoms with Gasteiger partial charge < -0.3 is 9.73 Å². The predicted molar refractivity (Wildman–Crippen MR) is 111 cm³/mol. The van der Waals surface area contributed by atoms with Crippen molar-refractivity contribution in [2.45, 2.75) is 5.03 Å². The number of anilines is 1. The fourth-order valence-corrected chi connectivity index (χ4v) is 3.32. The van der Waals surface area contributed by atoms with E-state index < -0.39 is 21.4 Å². The first-order chi connectivity index (χ1) is 14.3. The van der Waals surface area contributed by atoms with Gasteiger partial charge in [0.2, 0.25) is 0 Å². The first kappa shape index (κ1) is 19.5. The molecule has 9 heteroatoms. The summed E-state index contributed by atoms with van der Waals surface area (Å²) in [7, 11) is -3.42. The number of fused-ring (bicyclic) bond motifs is 1. The van der Waals surface area contributed by atoms with Crippen LogP contribution in [0.2, 0.25) is 0 Å². The molecule has 4 rings (SSSR count). The fourth-order valence-electron chi connectivity index (χ4n) is 2.81. The SMILES string of the molecule is CS(=O)(=O)c1ccc(-c2ccc(NC(=O)c3cc4ccccc4oc3=O)cc2)nn1. The van der Waals surface area contributed by atoms with Crippen molar-refractivity contribution in [2.24, 2.45) is 0 Å². The minimum atomic E-state index is -3.42. The zero-order chi connectivity index (χ0) is 21.3. The van der Waals surface area contributed by atoms with Crippen LogP contribution < -0.4 is 10.9 Å². The van der Waals surface area contributed by atoms with Gasteiger partial charge in [0.1, 0.15) is 11.1 Å². The average Bonchev–Trinajstić information content (AvgIpc) is 2.73. The Morgan fingerprint density at radius 2 is 1.70 bits per heavy atom. The third-order valence-electron chi connectivity index (χ3n) is 4.34. The molecular formula is C21H15N3O5S.